The number of anilines is 1. The molecule has 0 bridgehead atoms. The summed E-state index contributed by atoms with van der Waals surface area (Å²) < 4.78 is 25.2. The van der Waals surface area contributed by atoms with Gasteiger partial charge in [0.25, 0.3) is 5.91 Å². The monoisotopic (exact) mass is 506 g/mol. The van der Waals surface area contributed by atoms with Gasteiger partial charge in [-0.05, 0) is 73.0 Å². The molecule has 3 aromatic rings. The van der Waals surface area contributed by atoms with E-state index in [2.05, 4.69) is 11.9 Å². The topological polar surface area (TPSA) is 67.9 Å². The Kier molecular flexibility index (Phi) is 7.71. The van der Waals surface area contributed by atoms with E-state index in [0.717, 1.165) is 16.0 Å². The summed E-state index contributed by atoms with van der Waals surface area (Å²) in [5.41, 5.74) is 2.72. The lowest BCUT2D eigenvalue weighted by atomic mass is 10.0. The molecule has 1 N–H and O–H groups in total. The van der Waals surface area contributed by atoms with Gasteiger partial charge < -0.3 is 14.8 Å². The minimum atomic E-state index is -0.566. The molecular weight excluding hydrogens is 483 g/mol. The van der Waals surface area contributed by atoms with Crippen molar-refractivity contribution in [3.8, 4) is 11.5 Å². The van der Waals surface area contributed by atoms with Crippen molar-refractivity contribution >= 4 is 35.3 Å². The number of hydrogen-bond acceptors (Lipinski definition) is 4. The number of nitrogens with zero attached hydrogens (tertiary/aromatic N) is 1. The lowest BCUT2D eigenvalue weighted by molar-refractivity contribution is -0.113. The summed E-state index contributed by atoms with van der Waals surface area (Å²) >= 11 is 6.03. The van der Waals surface area contributed by atoms with Crippen LogP contribution in [0.1, 0.15) is 23.6 Å². The van der Waals surface area contributed by atoms with Crippen LogP contribution in [-0.2, 0) is 17.8 Å². The van der Waals surface area contributed by atoms with Crippen LogP contribution in [0, 0.1) is 5.82 Å². The Morgan fingerprint density at radius 2 is 1.86 bits per heavy atom. The molecule has 1 heterocycles. The number of urea groups is 1. The van der Waals surface area contributed by atoms with Crippen LogP contribution in [0.2, 0.25) is 5.02 Å². The maximum atomic E-state index is 13.2. The van der Waals surface area contributed by atoms with E-state index < -0.39 is 11.9 Å². The summed E-state index contributed by atoms with van der Waals surface area (Å²) in [5, 5.41) is 3.04. The van der Waals surface area contributed by atoms with E-state index in [9.17, 15) is 14.0 Å². The van der Waals surface area contributed by atoms with Gasteiger partial charge in [-0.15, -0.1) is 6.58 Å². The molecule has 1 aliphatic heterocycles. The molecule has 0 atom stereocenters. The van der Waals surface area contributed by atoms with Crippen LogP contribution < -0.4 is 19.7 Å². The molecule has 0 radical (unpaired) electrons. The fourth-order valence-corrected chi connectivity index (χ4v) is 3.97. The van der Waals surface area contributed by atoms with E-state index in [1.165, 1.54) is 12.1 Å². The van der Waals surface area contributed by atoms with E-state index in [-0.39, 0.29) is 18.1 Å². The second kappa shape index (κ2) is 11.1. The zero-order valence-corrected chi connectivity index (χ0v) is 20.3. The van der Waals surface area contributed by atoms with Gasteiger partial charge in [0.15, 0.2) is 11.5 Å². The van der Waals surface area contributed by atoms with Crippen LogP contribution in [-0.4, -0.2) is 18.5 Å². The van der Waals surface area contributed by atoms with Gasteiger partial charge in [-0.25, -0.2) is 14.1 Å². The predicted molar refractivity (Wildman–Crippen MR) is 138 cm³/mol. The third-order valence-corrected chi connectivity index (χ3v) is 5.61. The van der Waals surface area contributed by atoms with Gasteiger partial charge >= 0.3 is 6.03 Å². The zero-order valence-electron chi connectivity index (χ0n) is 19.6. The maximum Gasteiger partial charge on any atom is 0.333 e. The lowest BCUT2D eigenvalue weighted by Gasteiger charge is -2.17. The van der Waals surface area contributed by atoms with Crippen molar-refractivity contribution in [3.63, 3.8) is 0 Å². The van der Waals surface area contributed by atoms with Gasteiger partial charge in [0, 0.05) is 10.6 Å². The lowest BCUT2D eigenvalue weighted by Crippen LogP contribution is -2.30. The highest BCUT2D eigenvalue weighted by atomic mass is 35.5. The number of rotatable bonds is 9. The SMILES string of the molecule is C=CCc1cc(/C=C2/NC(=O)N(c3cccc(Cl)c3)C2=O)cc(OCC)c1OCc1ccc(F)cc1. The number of hydrogen-bond donors (Lipinski definition) is 1. The molecule has 3 amide bonds. The molecule has 184 valence electrons. The maximum absolute atomic E-state index is 13.2. The summed E-state index contributed by atoms with van der Waals surface area (Å²) in [6.45, 7) is 6.28. The molecule has 8 heteroatoms. The number of amides is 3. The van der Waals surface area contributed by atoms with Gasteiger partial charge in [0.1, 0.15) is 18.1 Å². The van der Waals surface area contributed by atoms with Crippen molar-refractivity contribution in [2.45, 2.75) is 20.0 Å². The van der Waals surface area contributed by atoms with Gasteiger partial charge in [-0.1, -0.05) is 35.9 Å². The normalized spacial score (nSPS) is 14.2. The van der Waals surface area contributed by atoms with Crippen LogP contribution >= 0.6 is 11.6 Å². The Morgan fingerprint density at radius 3 is 2.56 bits per heavy atom. The van der Waals surface area contributed by atoms with Gasteiger partial charge in [0.05, 0.1) is 12.3 Å². The summed E-state index contributed by atoms with van der Waals surface area (Å²) in [4.78, 5) is 26.6. The fourth-order valence-electron chi connectivity index (χ4n) is 3.79. The Bertz CT molecular complexity index is 1340. The first kappa shape index (κ1) is 25.0. The molecule has 6 nitrogen and oxygen atoms in total. The summed E-state index contributed by atoms with van der Waals surface area (Å²) in [7, 11) is 0. The molecule has 1 fully saturated rings. The first-order valence-electron chi connectivity index (χ1n) is 11.3. The van der Waals surface area contributed by atoms with Crippen molar-refractivity contribution in [1.82, 2.24) is 5.32 Å². The first-order chi connectivity index (χ1) is 17.4. The van der Waals surface area contributed by atoms with E-state index in [0.29, 0.717) is 40.8 Å². The number of allylic oxidation sites excluding steroid dienone is 1. The molecule has 0 spiro atoms. The zero-order chi connectivity index (χ0) is 25.7. The number of benzene rings is 3. The minimum absolute atomic E-state index is 0.118. The highest BCUT2D eigenvalue weighted by molar-refractivity contribution is 6.32. The molecule has 36 heavy (non-hydrogen) atoms. The van der Waals surface area contributed by atoms with E-state index in [4.69, 9.17) is 21.1 Å². The molecule has 0 saturated carbocycles. The number of carbonyl (C=O) groups is 2. The summed E-state index contributed by atoms with van der Waals surface area (Å²) in [6.07, 6.45) is 3.80. The molecule has 3 aromatic carbocycles. The van der Waals surface area contributed by atoms with Crippen molar-refractivity contribution in [3.05, 3.63) is 107 Å². The number of carbonyl (C=O) groups excluding carboxylic acids is 2. The molecule has 0 aromatic heterocycles. The van der Waals surface area contributed by atoms with Gasteiger partial charge in [-0.3, -0.25) is 4.79 Å². The molecule has 0 unspecified atom stereocenters. The Hall–Kier alpha value is -4.10. The number of ether oxygens (including phenoxy) is 2. The van der Waals surface area contributed by atoms with Crippen LogP contribution in [0.5, 0.6) is 11.5 Å². The van der Waals surface area contributed by atoms with Crippen LogP contribution in [0.4, 0.5) is 14.9 Å². The van der Waals surface area contributed by atoms with Crippen LogP contribution in [0.25, 0.3) is 6.08 Å². The molecule has 1 aliphatic rings. The third kappa shape index (κ3) is 5.58. The standard InChI is InChI=1S/C28H24ClFN2O4/c1-3-6-20-13-19(14-24-27(33)32(28(34)31-24)23-8-5-7-21(29)16-23)15-25(35-4-2)26(20)36-17-18-9-11-22(30)12-10-18/h3,5,7-16H,1,4,6,17H2,2H3,(H,31,34)/b24-14+. The largest absolute Gasteiger partial charge is 0.490 e. The highest BCUT2D eigenvalue weighted by Gasteiger charge is 2.35. The minimum Gasteiger partial charge on any atom is -0.490 e. The second-order valence-electron chi connectivity index (χ2n) is 7.96. The second-order valence-corrected chi connectivity index (χ2v) is 8.39. The summed E-state index contributed by atoms with van der Waals surface area (Å²) in [5.74, 6) is 0.197. The predicted octanol–water partition coefficient (Wildman–Crippen LogP) is 6.28. The van der Waals surface area contributed by atoms with E-state index in [1.54, 1.807) is 54.6 Å². The highest BCUT2D eigenvalue weighted by Crippen LogP contribution is 2.36. The number of imide groups is 1. The van der Waals surface area contributed by atoms with Gasteiger partial charge in [-0.2, -0.15) is 0 Å². The third-order valence-electron chi connectivity index (χ3n) is 5.37. The van der Waals surface area contributed by atoms with Crippen molar-refractivity contribution < 1.29 is 23.5 Å². The average Bonchev–Trinajstić information content (AvgIpc) is 3.12. The Labute approximate surface area is 213 Å². The first-order valence-corrected chi connectivity index (χ1v) is 11.7. The molecule has 4 rings (SSSR count). The van der Waals surface area contributed by atoms with Crippen LogP contribution in [0.15, 0.2) is 79.0 Å². The Morgan fingerprint density at radius 1 is 1.08 bits per heavy atom. The Balaban J connectivity index is 1.66. The smallest absolute Gasteiger partial charge is 0.333 e. The fraction of sp³-hybridized carbons (Fsp3) is 0.143. The van der Waals surface area contributed by atoms with Crippen molar-refractivity contribution in [2.75, 3.05) is 11.5 Å². The molecular formula is C28H24ClFN2O4. The van der Waals surface area contributed by atoms with E-state index in [1.807, 2.05) is 13.0 Å². The van der Waals surface area contributed by atoms with Crippen LogP contribution in [0.3, 0.4) is 0 Å². The summed E-state index contributed by atoms with van der Waals surface area (Å²) in [6, 6.07) is 15.6. The quantitative estimate of drug-likeness (QED) is 0.210. The molecule has 0 aliphatic carbocycles. The van der Waals surface area contributed by atoms with E-state index >= 15 is 0 Å². The number of halogens is 2. The average molecular weight is 507 g/mol. The van der Waals surface area contributed by atoms with Crippen molar-refractivity contribution in [2.24, 2.45) is 0 Å². The molecule has 1 saturated heterocycles. The van der Waals surface area contributed by atoms with Crippen molar-refractivity contribution in [1.29, 1.82) is 0 Å². The number of nitrogens with one attached hydrogen (secondary N) is 1. The van der Waals surface area contributed by atoms with Gasteiger partial charge in [0.2, 0.25) is 0 Å².